The largest absolute Gasteiger partial charge is 0.391 e. The molecule has 8 heteroatoms. The van der Waals surface area contributed by atoms with Crippen molar-refractivity contribution in [2.24, 2.45) is 5.14 Å². The van der Waals surface area contributed by atoms with E-state index in [9.17, 15) is 8.42 Å². The molecule has 74 valence electrons. The van der Waals surface area contributed by atoms with Crippen LogP contribution in [0.25, 0.3) is 0 Å². The van der Waals surface area contributed by atoms with Gasteiger partial charge in [-0.3, -0.25) is 0 Å². The van der Waals surface area contributed by atoms with E-state index in [1.54, 1.807) is 6.92 Å². The maximum Gasteiger partial charge on any atom is 0.259 e. The highest BCUT2D eigenvalue weighted by Gasteiger charge is 2.12. The second-order valence-corrected chi connectivity index (χ2v) is 4.14. The van der Waals surface area contributed by atoms with E-state index in [0.717, 1.165) is 11.0 Å². The van der Waals surface area contributed by atoms with Crippen LogP contribution < -0.4 is 5.14 Å². The first-order valence-electron chi connectivity index (χ1n) is 3.50. The molecule has 0 aliphatic heterocycles. The molecule has 1 aromatic heterocycles. The van der Waals surface area contributed by atoms with Crippen molar-refractivity contribution >= 4 is 10.0 Å². The molecular formula is C5H10N4O3S. The van der Waals surface area contributed by atoms with Crippen molar-refractivity contribution in [3.8, 4) is 0 Å². The minimum Gasteiger partial charge on any atom is -0.391 e. The van der Waals surface area contributed by atoms with Gasteiger partial charge in [-0.15, -0.1) is 5.10 Å². The fourth-order valence-electron chi connectivity index (χ4n) is 0.736. The normalized spacial score (nSPS) is 14.4. The van der Waals surface area contributed by atoms with Crippen LogP contribution in [0.3, 0.4) is 0 Å². The van der Waals surface area contributed by atoms with Crippen LogP contribution in [0, 0.1) is 0 Å². The fraction of sp³-hybridized carbons (Fsp3) is 0.600. The van der Waals surface area contributed by atoms with E-state index in [2.05, 4.69) is 10.2 Å². The Hall–Kier alpha value is -0.990. The zero-order valence-electron chi connectivity index (χ0n) is 6.95. The number of rotatable bonds is 3. The number of hydrogen-bond acceptors (Lipinski definition) is 5. The van der Waals surface area contributed by atoms with Crippen molar-refractivity contribution in [3.05, 3.63) is 6.20 Å². The van der Waals surface area contributed by atoms with Crippen molar-refractivity contribution in [2.45, 2.75) is 24.6 Å². The Bertz CT molecular complexity index is 382. The lowest BCUT2D eigenvalue weighted by atomic mass is 10.4. The Morgan fingerprint density at radius 3 is 2.77 bits per heavy atom. The SMILES string of the molecule is C[C@@H](O)Cn1ncc(S(N)(=O)=O)n1. The maximum atomic E-state index is 10.7. The van der Waals surface area contributed by atoms with Crippen LogP contribution in [-0.2, 0) is 16.6 Å². The summed E-state index contributed by atoms with van der Waals surface area (Å²) in [7, 11) is -3.79. The molecule has 0 unspecified atom stereocenters. The van der Waals surface area contributed by atoms with Gasteiger partial charge >= 0.3 is 0 Å². The summed E-state index contributed by atoms with van der Waals surface area (Å²) in [5.41, 5.74) is 0. The summed E-state index contributed by atoms with van der Waals surface area (Å²) < 4.78 is 21.5. The Labute approximate surface area is 75.2 Å². The Morgan fingerprint density at radius 2 is 2.38 bits per heavy atom. The number of primary sulfonamides is 1. The van der Waals surface area contributed by atoms with E-state index in [0.29, 0.717) is 0 Å². The molecule has 1 rings (SSSR count). The summed E-state index contributed by atoms with van der Waals surface area (Å²) in [6, 6.07) is 0. The second kappa shape index (κ2) is 3.40. The molecular weight excluding hydrogens is 196 g/mol. The summed E-state index contributed by atoms with van der Waals surface area (Å²) >= 11 is 0. The summed E-state index contributed by atoms with van der Waals surface area (Å²) in [5, 5.41) is 20.6. The molecule has 0 aromatic carbocycles. The molecule has 0 bridgehead atoms. The third kappa shape index (κ3) is 2.76. The molecule has 1 atom stereocenters. The van der Waals surface area contributed by atoms with Crippen molar-refractivity contribution in [1.82, 2.24) is 15.0 Å². The van der Waals surface area contributed by atoms with Gasteiger partial charge in [-0.1, -0.05) is 0 Å². The summed E-state index contributed by atoms with van der Waals surface area (Å²) in [5.74, 6) is 0. The molecule has 0 saturated heterocycles. The molecule has 0 aliphatic carbocycles. The van der Waals surface area contributed by atoms with E-state index < -0.39 is 16.1 Å². The van der Waals surface area contributed by atoms with Crippen molar-refractivity contribution in [2.75, 3.05) is 0 Å². The number of nitrogens with zero attached hydrogens (tertiary/aromatic N) is 3. The first kappa shape index (κ1) is 10.1. The number of aliphatic hydroxyl groups excluding tert-OH is 1. The highest BCUT2D eigenvalue weighted by Crippen LogP contribution is 1.98. The monoisotopic (exact) mass is 206 g/mol. The molecule has 3 N–H and O–H groups in total. The van der Waals surface area contributed by atoms with Gasteiger partial charge in [0.15, 0.2) is 0 Å². The van der Waals surface area contributed by atoms with Crippen molar-refractivity contribution < 1.29 is 13.5 Å². The topological polar surface area (TPSA) is 111 Å². The average molecular weight is 206 g/mol. The molecule has 0 aliphatic rings. The lowest BCUT2D eigenvalue weighted by Gasteiger charge is -2.00. The van der Waals surface area contributed by atoms with Gasteiger partial charge in [0.05, 0.1) is 18.8 Å². The van der Waals surface area contributed by atoms with Crippen LogP contribution in [0.15, 0.2) is 11.2 Å². The van der Waals surface area contributed by atoms with E-state index in [1.807, 2.05) is 0 Å². The quantitative estimate of drug-likeness (QED) is 0.612. The van der Waals surface area contributed by atoms with Gasteiger partial charge in [0, 0.05) is 0 Å². The van der Waals surface area contributed by atoms with Crippen molar-refractivity contribution in [1.29, 1.82) is 0 Å². The first-order valence-corrected chi connectivity index (χ1v) is 5.05. The van der Waals surface area contributed by atoms with Gasteiger partial charge < -0.3 is 5.11 Å². The number of sulfonamides is 1. The van der Waals surface area contributed by atoms with Gasteiger partial charge in [0.25, 0.3) is 10.0 Å². The molecule has 0 fully saturated rings. The van der Waals surface area contributed by atoms with Crippen LogP contribution in [0.4, 0.5) is 0 Å². The van der Waals surface area contributed by atoms with E-state index >= 15 is 0 Å². The lowest BCUT2D eigenvalue weighted by Crippen LogP contribution is -2.16. The molecule has 0 amide bonds. The Morgan fingerprint density at radius 1 is 1.77 bits per heavy atom. The number of aromatic nitrogens is 3. The number of hydrogen-bond donors (Lipinski definition) is 2. The minimum absolute atomic E-state index is 0.134. The number of aliphatic hydroxyl groups is 1. The van der Waals surface area contributed by atoms with Crippen LogP contribution in [0.2, 0.25) is 0 Å². The fourth-order valence-corrected chi connectivity index (χ4v) is 1.14. The van der Waals surface area contributed by atoms with E-state index in [4.69, 9.17) is 10.2 Å². The third-order valence-electron chi connectivity index (χ3n) is 1.23. The zero-order chi connectivity index (χ0) is 10.1. The standard InChI is InChI=1S/C5H10N4O3S/c1-4(10)3-9-7-2-5(8-9)13(6,11)12/h2,4,10H,3H2,1H3,(H2,6,11,12)/t4-/m1/s1. The maximum absolute atomic E-state index is 10.7. The molecule has 1 aromatic rings. The summed E-state index contributed by atoms with van der Waals surface area (Å²) in [6.45, 7) is 1.68. The third-order valence-corrected chi connectivity index (χ3v) is 2.00. The van der Waals surface area contributed by atoms with Crippen LogP contribution in [-0.4, -0.2) is 34.6 Å². The van der Waals surface area contributed by atoms with Gasteiger partial charge in [-0.2, -0.15) is 9.90 Å². The van der Waals surface area contributed by atoms with Crippen molar-refractivity contribution in [3.63, 3.8) is 0 Å². The first-order chi connectivity index (χ1) is 5.89. The minimum atomic E-state index is -3.79. The van der Waals surface area contributed by atoms with Gasteiger partial charge in [-0.25, -0.2) is 13.6 Å². The Kier molecular flexibility index (Phi) is 2.64. The lowest BCUT2D eigenvalue weighted by molar-refractivity contribution is 0.161. The second-order valence-electron chi connectivity index (χ2n) is 2.63. The molecule has 1 heterocycles. The zero-order valence-corrected chi connectivity index (χ0v) is 7.77. The molecule has 0 radical (unpaired) electrons. The van der Waals surface area contributed by atoms with E-state index in [-0.39, 0.29) is 11.6 Å². The van der Waals surface area contributed by atoms with Crippen LogP contribution in [0.5, 0.6) is 0 Å². The highest BCUT2D eigenvalue weighted by atomic mass is 32.2. The predicted octanol–water partition coefficient (Wildman–Crippen LogP) is -1.69. The summed E-state index contributed by atoms with van der Waals surface area (Å²) in [6.07, 6.45) is 0.401. The molecule has 0 spiro atoms. The average Bonchev–Trinajstić information content (AvgIpc) is 2.32. The van der Waals surface area contributed by atoms with Gasteiger partial charge in [-0.05, 0) is 6.92 Å². The van der Waals surface area contributed by atoms with Gasteiger partial charge in [0.2, 0.25) is 5.03 Å². The van der Waals surface area contributed by atoms with Gasteiger partial charge in [0.1, 0.15) is 0 Å². The summed E-state index contributed by atoms with van der Waals surface area (Å²) in [4.78, 5) is 1.07. The van der Waals surface area contributed by atoms with Crippen LogP contribution in [0.1, 0.15) is 6.92 Å². The molecule has 13 heavy (non-hydrogen) atoms. The molecule has 0 saturated carbocycles. The smallest absolute Gasteiger partial charge is 0.259 e. The van der Waals surface area contributed by atoms with E-state index in [1.165, 1.54) is 0 Å². The number of nitrogens with two attached hydrogens (primary N) is 1. The van der Waals surface area contributed by atoms with Crippen LogP contribution >= 0.6 is 0 Å². The Balaban J connectivity index is 2.88. The predicted molar refractivity (Wildman–Crippen MR) is 43.1 cm³/mol. The highest BCUT2D eigenvalue weighted by molar-refractivity contribution is 7.89. The molecule has 7 nitrogen and oxygen atoms in total.